The molecule has 1 aliphatic carbocycles. The predicted molar refractivity (Wildman–Crippen MR) is 42.9 cm³/mol. The van der Waals surface area contributed by atoms with Gasteiger partial charge in [-0.25, -0.2) is 0 Å². The molecule has 11 heavy (non-hydrogen) atoms. The summed E-state index contributed by atoms with van der Waals surface area (Å²) in [7, 11) is 0. The number of nitrogens with one attached hydrogen (secondary N) is 2. The molecule has 2 N–H and O–H groups in total. The number of hydrogen-bond donors (Lipinski definition) is 2. The summed E-state index contributed by atoms with van der Waals surface area (Å²) in [6.45, 7) is 1.82. The first kappa shape index (κ1) is 7.25. The third-order valence-electron chi connectivity index (χ3n) is 2.59. The van der Waals surface area contributed by atoms with Crippen LogP contribution in [0.4, 0.5) is 0 Å². The molecule has 3 nitrogen and oxygen atoms in total. The van der Waals surface area contributed by atoms with Gasteiger partial charge in [-0.15, -0.1) is 0 Å². The van der Waals surface area contributed by atoms with E-state index in [4.69, 9.17) is 10.1 Å². The predicted octanol–water partition coefficient (Wildman–Crippen LogP) is 0.896. The van der Waals surface area contributed by atoms with Gasteiger partial charge in [-0.05, 0) is 25.7 Å². The summed E-state index contributed by atoms with van der Waals surface area (Å²) in [5.41, 5.74) is 0.845. The standard InChI is InChI=1S/C8H14N2O/c9-7-1-3-8(4-2-7)10-5-6-11-8/h9-10H,1-6H2. The summed E-state index contributed by atoms with van der Waals surface area (Å²) in [6, 6.07) is 0. The Hall–Kier alpha value is -0.410. The van der Waals surface area contributed by atoms with Gasteiger partial charge in [0.05, 0.1) is 6.61 Å². The minimum Gasteiger partial charge on any atom is -0.359 e. The molecule has 0 atom stereocenters. The molecular formula is C8H14N2O. The Balaban J connectivity index is 1.99. The molecule has 0 bridgehead atoms. The largest absolute Gasteiger partial charge is 0.359 e. The summed E-state index contributed by atoms with van der Waals surface area (Å²) in [6.07, 6.45) is 3.80. The van der Waals surface area contributed by atoms with Crippen LogP contribution in [0.3, 0.4) is 0 Å². The molecular weight excluding hydrogens is 140 g/mol. The highest BCUT2D eigenvalue weighted by molar-refractivity contribution is 5.82. The average Bonchev–Trinajstić information content (AvgIpc) is 2.45. The van der Waals surface area contributed by atoms with Gasteiger partial charge in [0.2, 0.25) is 0 Å². The molecule has 0 aromatic heterocycles. The second kappa shape index (κ2) is 2.57. The van der Waals surface area contributed by atoms with Crippen LogP contribution in [0.15, 0.2) is 0 Å². The monoisotopic (exact) mass is 154 g/mol. The minimum absolute atomic E-state index is 0.0372. The fourth-order valence-corrected chi connectivity index (χ4v) is 1.85. The number of rotatable bonds is 0. The molecule has 0 unspecified atom stereocenters. The molecule has 0 radical (unpaired) electrons. The van der Waals surface area contributed by atoms with E-state index >= 15 is 0 Å². The van der Waals surface area contributed by atoms with Crippen LogP contribution in [0.25, 0.3) is 0 Å². The van der Waals surface area contributed by atoms with Gasteiger partial charge in [0.1, 0.15) is 5.72 Å². The van der Waals surface area contributed by atoms with Gasteiger partial charge < -0.3 is 10.1 Å². The topological polar surface area (TPSA) is 45.1 Å². The van der Waals surface area contributed by atoms with Crippen LogP contribution in [0.1, 0.15) is 25.7 Å². The van der Waals surface area contributed by atoms with E-state index < -0.39 is 0 Å². The van der Waals surface area contributed by atoms with Crippen molar-refractivity contribution in [1.29, 1.82) is 5.41 Å². The van der Waals surface area contributed by atoms with E-state index in [-0.39, 0.29) is 5.72 Å². The maximum absolute atomic E-state index is 7.45. The van der Waals surface area contributed by atoms with Crippen LogP contribution < -0.4 is 5.32 Å². The first-order valence-electron chi connectivity index (χ1n) is 4.26. The Morgan fingerprint density at radius 1 is 1.36 bits per heavy atom. The molecule has 1 aliphatic heterocycles. The summed E-state index contributed by atoms with van der Waals surface area (Å²) >= 11 is 0. The lowest BCUT2D eigenvalue weighted by Gasteiger charge is -2.32. The molecule has 3 heteroatoms. The second-order valence-corrected chi connectivity index (χ2v) is 3.37. The molecule has 2 fully saturated rings. The highest BCUT2D eigenvalue weighted by Gasteiger charge is 2.36. The van der Waals surface area contributed by atoms with E-state index in [1.807, 2.05) is 0 Å². The van der Waals surface area contributed by atoms with Crippen molar-refractivity contribution in [2.75, 3.05) is 13.2 Å². The lowest BCUT2D eigenvalue weighted by Crippen LogP contribution is -2.44. The van der Waals surface area contributed by atoms with Crippen molar-refractivity contribution >= 4 is 5.71 Å². The normalized spacial score (nSPS) is 38.4. The van der Waals surface area contributed by atoms with E-state index in [1.54, 1.807) is 0 Å². The summed E-state index contributed by atoms with van der Waals surface area (Å²) in [4.78, 5) is 0. The summed E-state index contributed by atoms with van der Waals surface area (Å²) in [5, 5.41) is 10.8. The van der Waals surface area contributed by atoms with Crippen molar-refractivity contribution in [3.05, 3.63) is 0 Å². The summed E-state index contributed by atoms with van der Waals surface area (Å²) < 4.78 is 5.62. The third-order valence-corrected chi connectivity index (χ3v) is 2.59. The fourth-order valence-electron chi connectivity index (χ4n) is 1.85. The number of ether oxygens (including phenoxy) is 1. The molecule has 1 heterocycles. The Morgan fingerprint density at radius 3 is 2.64 bits per heavy atom. The lowest BCUT2D eigenvalue weighted by atomic mass is 9.90. The zero-order chi connectivity index (χ0) is 7.73. The van der Waals surface area contributed by atoms with Gasteiger partial charge in [0.15, 0.2) is 0 Å². The van der Waals surface area contributed by atoms with E-state index in [0.29, 0.717) is 0 Å². The zero-order valence-corrected chi connectivity index (χ0v) is 6.65. The minimum atomic E-state index is -0.0372. The quantitative estimate of drug-likeness (QED) is 0.544. The Morgan fingerprint density at radius 2 is 2.09 bits per heavy atom. The fraction of sp³-hybridized carbons (Fsp3) is 0.875. The summed E-state index contributed by atoms with van der Waals surface area (Å²) in [5.74, 6) is 0. The van der Waals surface area contributed by atoms with E-state index in [1.165, 1.54) is 0 Å². The Bertz CT molecular complexity index is 161. The van der Waals surface area contributed by atoms with Gasteiger partial charge in [-0.3, -0.25) is 5.32 Å². The molecule has 1 spiro atoms. The van der Waals surface area contributed by atoms with Gasteiger partial charge in [-0.2, -0.15) is 0 Å². The smallest absolute Gasteiger partial charge is 0.120 e. The van der Waals surface area contributed by atoms with Crippen molar-refractivity contribution in [3.8, 4) is 0 Å². The number of hydrogen-bond acceptors (Lipinski definition) is 3. The van der Waals surface area contributed by atoms with Gasteiger partial charge in [0.25, 0.3) is 0 Å². The maximum Gasteiger partial charge on any atom is 0.120 e. The van der Waals surface area contributed by atoms with Crippen LogP contribution in [0.2, 0.25) is 0 Å². The second-order valence-electron chi connectivity index (χ2n) is 3.37. The first-order valence-corrected chi connectivity index (χ1v) is 4.26. The molecule has 62 valence electrons. The maximum atomic E-state index is 7.45. The molecule has 1 saturated heterocycles. The highest BCUT2D eigenvalue weighted by atomic mass is 16.5. The van der Waals surface area contributed by atoms with Crippen molar-refractivity contribution in [2.24, 2.45) is 0 Å². The third kappa shape index (κ3) is 1.30. The van der Waals surface area contributed by atoms with Crippen LogP contribution in [0, 0.1) is 5.41 Å². The molecule has 0 aromatic carbocycles. The van der Waals surface area contributed by atoms with Crippen LogP contribution in [0.5, 0.6) is 0 Å². The molecule has 0 amide bonds. The SMILES string of the molecule is N=C1CCC2(CC1)NCCO2. The van der Waals surface area contributed by atoms with Gasteiger partial charge in [-0.1, -0.05) is 0 Å². The van der Waals surface area contributed by atoms with Crippen molar-refractivity contribution < 1.29 is 4.74 Å². The molecule has 2 aliphatic rings. The van der Waals surface area contributed by atoms with Crippen molar-refractivity contribution in [3.63, 3.8) is 0 Å². The van der Waals surface area contributed by atoms with Gasteiger partial charge >= 0.3 is 0 Å². The Labute approximate surface area is 66.6 Å². The molecule has 2 rings (SSSR count). The van der Waals surface area contributed by atoms with Crippen LogP contribution in [-0.4, -0.2) is 24.6 Å². The van der Waals surface area contributed by atoms with E-state index in [2.05, 4.69) is 5.32 Å². The van der Waals surface area contributed by atoms with E-state index in [9.17, 15) is 0 Å². The lowest BCUT2D eigenvalue weighted by molar-refractivity contribution is -0.0256. The van der Waals surface area contributed by atoms with Gasteiger partial charge in [0, 0.05) is 12.3 Å². The highest BCUT2D eigenvalue weighted by Crippen LogP contribution is 2.29. The average molecular weight is 154 g/mol. The van der Waals surface area contributed by atoms with Crippen LogP contribution >= 0.6 is 0 Å². The van der Waals surface area contributed by atoms with E-state index in [0.717, 1.165) is 44.5 Å². The van der Waals surface area contributed by atoms with Crippen molar-refractivity contribution in [1.82, 2.24) is 5.32 Å². The zero-order valence-electron chi connectivity index (χ0n) is 6.65. The first-order chi connectivity index (χ1) is 5.31. The van der Waals surface area contributed by atoms with Crippen molar-refractivity contribution in [2.45, 2.75) is 31.4 Å². The van der Waals surface area contributed by atoms with Crippen LogP contribution in [-0.2, 0) is 4.74 Å². The molecule has 1 saturated carbocycles. The Kier molecular flexibility index (Phi) is 1.69. The molecule has 0 aromatic rings.